The van der Waals surface area contributed by atoms with Gasteiger partial charge in [-0.15, -0.1) is 0 Å². The summed E-state index contributed by atoms with van der Waals surface area (Å²) < 4.78 is 44.8. The molecule has 35 heavy (non-hydrogen) atoms. The monoisotopic (exact) mass is 484 g/mol. The van der Waals surface area contributed by atoms with Crippen LogP contribution in [-0.2, 0) is 12.8 Å². The molecule has 2 saturated carbocycles. The smallest absolute Gasteiger partial charge is 0.162 e. The lowest BCUT2D eigenvalue weighted by Crippen LogP contribution is -2.17. The molecule has 0 nitrogen and oxygen atoms in total. The molecule has 2 aromatic rings. The van der Waals surface area contributed by atoms with Crippen LogP contribution in [0.3, 0.4) is 0 Å². The second-order valence-electron chi connectivity index (χ2n) is 11.3. The van der Waals surface area contributed by atoms with Gasteiger partial charge >= 0.3 is 0 Å². The molecule has 0 saturated heterocycles. The van der Waals surface area contributed by atoms with Gasteiger partial charge in [-0.3, -0.25) is 0 Å². The topological polar surface area (TPSA) is 0 Å². The van der Waals surface area contributed by atoms with E-state index in [1.165, 1.54) is 6.42 Å². The van der Waals surface area contributed by atoms with Crippen molar-refractivity contribution >= 4 is 0 Å². The second kappa shape index (κ2) is 12.5. The predicted octanol–water partition coefficient (Wildman–Crippen LogP) is 10.0. The van der Waals surface area contributed by atoms with Gasteiger partial charge in [0.05, 0.1) is 0 Å². The quantitative estimate of drug-likeness (QED) is 0.332. The van der Waals surface area contributed by atoms with Crippen LogP contribution in [0.5, 0.6) is 0 Å². The van der Waals surface area contributed by atoms with Crippen molar-refractivity contribution < 1.29 is 13.2 Å². The average molecular weight is 485 g/mol. The average Bonchev–Trinajstić information content (AvgIpc) is 2.89. The molecule has 0 atom stereocenters. The Bertz CT molecular complexity index is 950. The zero-order valence-electron chi connectivity index (χ0n) is 21.7. The van der Waals surface area contributed by atoms with Crippen molar-refractivity contribution in [3.05, 3.63) is 70.0 Å². The highest BCUT2D eigenvalue weighted by Crippen LogP contribution is 2.42. The van der Waals surface area contributed by atoms with Gasteiger partial charge in [0.2, 0.25) is 0 Å². The highest BCUT2D eigenvalue weighted by molar-refractivity contribution is 5.32. The minimum atomic E-state index is -0.603. The zero-order valence-corrected chi connectivity index (χ0v) is 21.7. The third-order valence-electron chi connectivity index (χ3n) is 9.05. The standard InChI is InChI=1S/C32H43F3/c1-3-5-6-24-12-18-27(30(33)21-24)17-11-23-9-15-26(16-10-23)29-20-19-28(31(34)32(29)35)25-13-7-22(4-2)8-14-25/h12,18-23,25-26H,3-11,13-17H2,1-2H3. The Morgan fingerprint density at radius 1 is 0.686 bits per heavy atom. The lowest BCUT2D eigenvalue weighted by atomic mass is 9.75. The van der Waals surface area contributed by atoms with Gasteiger partial charge in [0, 0.05) is 0 Å². The fraction of sp³-hybridized carbons (Fsp3) is 0.625. The molecular weight excluding hydrogens is 441 g/mol. The van der Waals surface area contributed by atoms with E-state index in [0.29, 0.717) is 17.0 Å². The maximum Gasteiger partial charge on any atom is 0.162 e. The van der Waals surface area contributed by atoms with Crippen molar-refractivity contribution in [2.45, 2.75) is 116 Å². The number of rotatable bonds is 9. The van der Waals surface area contributed by atoms with E-state index in [4.69, 9.17) is 0 Å². The van der Waals surface area contributed by atoms with Crippen molar-refractivity contribution in [3.8, 4) is 0 Å². The first kappa shape index (κ1) is 26.3. The number of unbranched alkanes of at least 4 members (excludes halogenated alkanes) is 1. The van der Waals surface area contributed by atoms with Gasteiger partial charge in [0.1, 0.15) is 5.82 Å². The first-order valence-electron chi connectivity index (χ1n) is 14.2. The van der Waals surface area contributed by atoms with Gasteiger partial charge in [-0.25, -0.2) is 13.2 Å². The van der Waals surface area contributed by atoms with E-state index in [0.717, 1.165) is 101 Å². The Hall–Kier alpha value is -1.77. The summed E-state index contributed by atoms with van der Waals surface area (Å²) >= 11 is 0. The highest BCUT2D eigenvalue weighted by Gasteiger charge is 2.29. The van der Waals surface area contributed by atoms with Gasteiger partial charge in [-0.2, -0.15) is 0 Å². The van der Waals surface area contributed by atoms with E-state index in [9.17, 15) is 4.39 Å². The van der Waals surface area contributed by atoms with Crippen LogP contribution in [0, 0.1) is 29.3 Å². The molecule has 0 radical (unpaired) electrons. The normalized spacial score (nSPS) is 25.1. The minimum Gasteiger partial charge on any atom is -0.207 e. The SMILES string of the molecule is CCCCc1ccc(CCC2CCC(c3ccc(C4CCC(CC)CC4)c(F)c3F)CC2)c(F)c1. The molecule has 0 heterocycles. The molecule has 0 amide bonds. The fourth-order valence-corrected chi connectivity index (χ4v) is 6.54. The van der Waals surface area contributed by atoms with Crippen molar-refractivity contribution in [2.75, 3.05) is 0 Å². The molecular formula is C32H43F3. The number of aryl methyl sites for hydroxylation is 2. The van der Waals surface area contributed by atoms with Crippen LogP contribution in [0.1, 0.15) is 125 Å². The highest BCUT2D eigenvalue weighted by atomic mass is 19.2. The molecule has 0 unspecified atom stereocenters. The third-order valence-corrected chi connectivity index (χ3v) is 9.05. The van der Waals surface area contributed by atoms with E-state index in [1.807, 2.05) is 18.2 Å². The summed E-state index contributed by atoms with van der Waals surface area (Å²) in [7, 11) is 0. The summed E-state index contributed by atoms with van der Waals surface area (Å²) in [6, 6.07) is 9.49. The molecule has 0 bridgehead atoms. The van der Waals surface area contributed by atoms with Crippen LogP contribution >= 0.6 is 0 Å². The Morgan fingerprint density at radius 2 is 1.26 bits per heavy atom. The summed E-state index contributed by atoms with van der Waals surface area (Å²) in [5.41, 5.74) is 3.06. The van der Waals surface area contributed by atoms with Crippen LogP contribution < -0.4 is 0 Å². The summed E-state index contributed by atoms with van der Waals surface area (Å²) in [5, 5.41) is 0. The molecule has 0 N–H and O–H groups in total. The van der Waals surface area contributed by atoms with Crippen LogP contribution in [0.4, 0.5) is 13.2 Å². The molecule has 2 aromatic carbocycles. The number of hydrogen-bond acceptors (Lipinski definition) is 0. The van der Waals surface area contributed by atoms with E-state index >= 15 is 8.78 Å². The second-order valence-corrected chi connectivity index (χ2v) is 11.3. The van der Waals surface area contributed by atoms with Crippen LogP contribution in [-0.4, -0.2) is 0 Å². The van der Waals surface area contributed by atoms with E-state index in [2.05, 4.69) is 19.9 Å². The van der Waals surface area contributed by atoms with Crippen molar-refractivity contribution in [1.29, 1.82) is 0 Å². The third kappa shape index (κ3) is 6.52. The molecule has 192 valence electrons. The van der Waals surface area contributed by atoms with Crippen molar-refractivity contribution in [3.63, 3.8) is 0 Å². The van der Waals surface area contributed by atoms with E-state index < -0.39 is 11.6 Å². The fourth-order valence-electron chi connectivity index (χ4n) is 6.54. The Kier molecular flexibility index (Phi) is 9.36. The largest absolute Gasteiger partial charge is 0.207 e. The van der Waals surface area contributed by atoms with Crippen molar-refractivity contribution in [1.82, 2.24) is 0 Å². The maximum absolute atomic E-state index is 15.1. The minimum absolute atomic E-state index is 0.0758. The number of benzene rings is 2. The van der Waals surface area contributed by atoms with Crippen LogP contribution in [0.2, 0.25) is 0 Å². The molecule has 2 aliphatic rings. The summed E-state index contributed by atoms with van der Waals surface area (Å²) in [4.78, 5) is 0. The predicted molar refractivity (Wildman–Crippen MR) is 139 cm³/mol. The van der Waals surface area contributed by atoms with Crippen LogP contribution in [0.15, 0.2) is 30.3 Å². The van der Waals surface area contributed by atoms with Gasteiger partial charge in [-0.05, 0) is 129 Å². The molecule has 2 aliphatic carbocycles. The molecule has 4 rings (SSSR count). The molecule has 0 spiro atoms. The number of hydrogen-bond donors (Lipinski definition) is 0. The molecule has 0 aliphatic heterocycles. The molecule has 3 heteroatoms. The molecule has 0 aromatic heterocycles. The Labute approximate surface area is 210 Å². The van der Waals surface area contributed by atoms with Gasteiger partial charge in [-0.1, -0.05) is 51.0 Å². The summed E-state index contributed by atoms with van der Waals surface area (Å²) in [6.45, 7) is 4.37. The molecule has 2 fully saturated rings. The van der Waals surface area contributed by atoms with Gasteiger partial charge < -0.3 is 0 Å². The zero-order chi connectivity index (χ0) is 24.8. The summed E-state index contributed by atoms with van der Waals surface area (Å²) in [6.07, 6.45) is 14.0. The van der Waals surface area contributed by atoms with E-state index in [-0.39, 0.29) is 17.7 Å². The van der Waals surface area contributed by atoms with Gasteiger partial charge in [0.25, 0.3) is 0 Å². The Balaban J connectivity index is 1.30. The van der Waals surface area contributed by atoms with Crippen LogP contribution in [0.25, 0.3) is 0 Å². The van der Waals surface area contributed by atoms with E-state index in [1.54, 1.807) is 6.07 Å². The lowest BCUT2D eigenvalue weighted by Gasteiger charge is -2.31. The van der Waals surface area contributed by atoms with Crippen molar-refractivity contribution in [2.24, 2.45) is 11.8 Å². The maximum atomic E-state index is 15.1. The first-order chi connectivity index (χ1) is 17.0. The number of halogens is 3. The summed E-state index contributed by atoms with van der Waals surface area (Å²) in [5.74, 6) is 0.268. The Morgan fingerprint density at radius 3 is 1.77 bits per heavy atom. The first-order valence-corrected chi connectivity index (χ1v) is 14.2. The van der Waals surface area contributed by atoms with Gasteiger partial charge in [0.15, 0.2) is 11.6 Å². The lowest BCUT2D eigenvalue weighted by molar-refractivity contribution is 0.300.